The van der Waals surface area contributed by atoms with Crippen molar-refractivity contribution in [3.63, 3.8) is 0 Å². The second-order valence-corrected chi connectivity index (χ2v) is 2.38. The fourth-order valence-corrected chi connectivity index (χ4v) is 0.902. The number of hydrogen-bond donors (Lipinski definition) is 0. The second-order valence-electron chi connectivity index (χ2n) is 2.38. The number of nitrogens with zero attached hydrogens (tertiary/aromatic N) is 2. The van der Waals surface area contributed by atoms with Crippen LogP contribution in [0.4, 0.5) is 0 Å². The van der Waals surface area contributed by atoms with Crippen LogP contribution in [0.1, 0.15) is 13.8 Å². The first kappa shape index (κ1) is 12.3. The number of allylic oxidation sites excluding steroid dienone is 3. The molecule has 0 fully saturated rings. The highest BCUT2D eigenvalue weighted by Crippen LogP contribution is 2.03. The van der Waals surface area contributed by atoms with E-state index in [0.29, 0.717) is 5.84 Å². The van der Waals surface area contributed by atoms with Crippen LogP contribution < -0.4 is 0 Å². The average Bonchev–Trinajstić information content (AvgIpc) is 2.17. The van der Waals surface area contributed by atoms with Gasteiger partial charge in [0.2, 0.25) is 0 Å². The van der Waals surface area contributed by atoms with Crippen molar-refractivity contribution in [3.8, 4) is 0 Å². The van der Waals surface area contributed by atoms with Gasteiger partial charge < -0.3 is 0 Å². The van der Waals surface area contributed by atoms with Crippen LogP contribution in [0.25, 0.3) is 0 Å². The molecule has 0 amide bonds. The molecule has 2 nitrogen and oxygen atoms in total. The van der Waals surface area contributed by atoms with Crippen molar-refractivity contribution < 1.29 is 0 Å². The van der Waals surface area contributed by atoms with E-state index < -0.39 is 0 Å². The maximum Gasteiger partial charge on any atom is 0.158 e. The normalized spacial score (nSPS) is 13.9. The minimum absolute atomic E-state index is 0.639. The Bertz CT molecular complexity index is 272. The second kappa shape index (κ2) is 7.92. The van der Waals surface area contributed by atoms with Gasteiger partial charge in [-0.25, -0.2) is 9.98 Å². The molecular weight excluding hydrogens is 172 g/mol. The number of amidine groups is 1. The van der Waals surface area contributed by atoms with Crippen LogP contribution in [0.3, 0.4) is 0 Å². The summed E-state index contributed by atoms with van der Waals surface area (Å²) >= 11 is 0. The van der Waals surface area contributed by atoms with Gasteiger partial charge in [-0.15, -0.1) is 0 Å². The minimum Gasteiger partial charge on any atom is -0.241 e. The van der Waals surface area contributed by atoms with Crippen LogP contribution in [0.5, 0.6) is 0 Å². The van der Waals surface area contributed by atoms with E-state index in [2.05, 4.69) is 23.1 Å². The summed E-state index contributed by atoms with van der Waals surface area (Å²) in [7, 11) is 0. The van der Waals surface area contributed by atoms with Crippen molar-refractivity contribution in [2.45, 2.75) is 13.8 Å². The van der Waals surface area contributed by atoms with Gasteiger partial charge in [-0.3, -0.25) is 0 Å². The van der Waals surface area contributed by atoms with Gasteiger partial charge in [0.1, 0.15) is 0 Å². The Morgan fingerprint density at radius 1 is 1.21 bits per heavy atom. The summed E-state index contributed by atoms with van der Waals surface area (Å²) in [6.07, 6.45) is 10.6. The molecule has 0 saturated heterocycles. The lowest BCUT2D eigenvalue weighted by Gasteiger charge is -1.98. The number of rotatable bonds is 4. The molecule has 0 spiro atoms. The van der Waals surface area contributed by atoms with Crippen molar-refractivity contribution >= 4 is 12.1 Å². The molecule has 74 valence electrons. The van der Waals surface area contributed by atoms with E-state index in [4.69, 9.17) is 0 Å². The van der Waals surface area contributed by atoms with Gasteiger partial charge in [0.15, 0.2) is 5.84 Å². The van der Waals surface area contributed by atoms with Gasteiger partial charge in [0, 0.05) is 18.0 Å². The average molecular weight is 188 g/mol. The molecule has 0 aliphatic heterocycles. The highest BCUT2D eigenvalue weighted by atomic mass is 14.9. The largest absolute Gasteiger partial charge is 0.241 e. The van der Waals surface area contributed by atoms with Crippen LogP contribution in [-0.4, -0.2) is 12.1 Å². The van der Waals surface area contributed by atoms with Crippen molar-refractivity contribution in [3.05, 3.63) is 49.2 Å². The van der Waals surface area contributed by atoms with Gasteiger partial charge in [-0.2, -0.15) is 0 Å². The summed E-state index contributed by atoms with van der Waals surface area (Å²) in [4.78, 5) is 8.20. The first-order valence-corrected chi connectivity index (χ1v) is 4.43. The zero-order chi connectivity index (χ0) is 10.8. The Balaban J connectivity index is 5.12. The Hall–Kier alpha value is -1.70. The smallest absolute Gasteiger partial charge is 0.158 e. The molecule has 0 bridgehead atoms. The Morgan fingerprint density at radius 2 is 1.93 bits per heavy atom. The Morgan fingerprint density at radius 3 is 2.36 bits per heavy atom. The molecule has 0 saturated carbocycles. The van der Waals surface area contributed by atoms with Gasteiger partial charge in [0.05, 0.1) is 0 Å². The predicted octanol–water partition coefficient (Wildman–Crippen LogP) is 3.31. The highest BCUT2D eigenvalue weighted by molar-refractivity contribution is 6.05. The molecule has 0 rings (SSSR count). The Labute approximate surface area is 85.8 Å². The fourth-order valence-electron chi connectivity index (χ4n) is 0.902. The fraction of sp³-hybridized carbons (Fsp3) is 0.167. The van der Waals surface area contributed by atoms with E-state index in [1.807, 2.05) is 32.1 Å². The zero-order valence-corrected chi connectivity index (χ0v) is 8.77. The van der Waals surface area contributed by atoms with Crippen molar-refractivity contribution in [1.29, 1.82) is 0 Å². The van der Waals surface area contributed by atoms with E-state index in [1.54, 1.807) is 12.3 Å². The molecule has 0 aliphatic carbocycles. The molecule has 0 unspecified atom stereocenters. The number of aliphatic imine (C=N–C) groups is 2. The van der Waals surface area contributed by atoms with Crippen LogP contribution in [-0.2, 0) is 0 Å². The first-order valence-electron chi connectivity index (χ1n) is 4.43. The van der Waals surface area contributed by atoms with Gasteiger partial charge in [-0.1, -0.05) is 37.5 Å². The van der Waals surface area contributed by atoms with E-state index in [-0.39, 0.29) is 0 Å². The third-order valence-corrected chi connectivity index (χ3v) is 1.37. The van der Waals surface area contributed by atoms with Crippen molar-refractivity contribution in [2.24, 2.45) is 9.98 Å². The summed E-state index contributed by atoms with van der Waals surface area (Å²) in [5.74, 6) is 0.639. The topological polar surface area (TPSA) is 24.7 Å². The lowest BCUT2D eigenvalue weighted by atomic mass is 10.2. The summed E-state index contributed by atoms with van der Waals surface area (Å²) in [6, 6.07) is 0. The summed E-state index contributed by atoms with van der Waals surface area (Å²) in [5, 5.41) is 0. The van der Waals surface area contributed by atoms with E-state index in [1.165, 1.54) is 6.20 Å². The molecule has 0 aromatic heterocycles. The van der Waals surface area contributed by atoms with Gasteiger partial charge in [0.25, 0.3) is 0 Å². The van der Waals surface area contributed by atoms with Crippen molar-refractivity contribution in [2.75, 3.05) is 0 Å². The molecule has 0 atom stereocenters. The monoisotopic (exact) mass is 188 g/mol. The minimum atomic E-state index is 0.639. The van der Waals surface area contributed by atoms with Crippen LogP contribution in [0, 0.1) is 0 Å². The summed E-state index contributed by atoms with van der Waals surface area (Å²) in [6.45, 7) is 11.0. The Kier molecular flexibility index (Phi) is 6.96. The molecule has 0 radical (unpaired) electrons. The van der Waals surface area contributed by atoms with E-state index >= 15 is 0 Å². The van der Waals surface area contributed by atoms with Crippen LogP contribution in [0.2, 0.25) is 0 Å². The standard InChI is InChI=1S/C12H16N2/c1-5-9-11(10-6-2)12(13-7-3)14-8-4/h5-10H,1,3H2,2,4H3/b10-6-,11-9-,13-12?,14-8?. The lowest BCUT2D eigenvalue weighted by molar-refractivity contribution is 1.48. The van der Waals surface area contributed by atoms with Crippen LogP contribution in [0.15, 0.2) is 59.2 Å². The molecule has 0 aromatic rings. The molecule has 0 aromatic carbocycles. The molecule has 0 N–H and O–H groups in total. The third kappa shape index (κ3) is 4.36. The van der Waals surface area contributed by atoms with Gasteiger partial charge >= 0.3 is 0 Å². The quantitative estimate of drug-likeness (QED) is 0.367. The number of hydrogen-bond acceptors (Lipinski definition) is 1. The van der Waals surface area contributed by atoms with E-state index in [0.717, 1.165) is 5.57 Å². The highest BCUT2D eigenvalue weighted by Gasteiger charge is 1.98. The summed E-state index contributed by atoms with van der Waals surface area (Å²) in [5.41, 5.74) is 0.917. The molecular formula is C12H16N2. The third-order valence-electron chi connectivity index (χ3n) is 1.37. The van der Waals surface area contributed by atoms with Crippen molar-refractivity contribution in [1.82, 2.24) is 0 Å². The maximum atomic E-state index is 4.14. The van der Waals surface area contributed by atoms with E-state index in [9.17, 15) is 0 Å². The molecule has 2 heteroatoms. The maximum absolute atomic E-state index is 4.14. The molecule has 0 heterocycles. The first-order chi connectivity index (χ1) is 6.79. The predicted molar refractivity (Wildman–Crippen MR) is 64.9 cm³/mol. The lowest BCUT2D eigenvalue weighted by Crippen LogP contribution is -1.96. The SMILES string of the molecule is C=C/C=C(/C=C\C)C(N=CC)=NC=C. The molecule has 0 aliphatic rings. The van der Waals surface area contributed by atoms with Crippen LogP contribution >= 0.6 is 0 Å². The van der Waals surface area contributed by atoms with Gasteiger partial charge in [-0.05, 0) is 13.8 Å². The zero-order valence-electron chi connectivity index (χ0n) is 8.77. The summed E-state index contributed by atoms with van der Waals surface area (Å²) < 4.78 is 0. The molecule has 14 heavy (non-hydrogen) atoms.